The van der Waals surface area contributed by atoms with Gasteiger partial charge in [-0.1, -0.05) is 48.6 Å². The molecule has 1 aromatic rings. The maximum atomic E-state index is 4.47. The van der Waals surface area contributed by atoms with Crippen molar-refractivity contribution in [3.63, 3.8) is 0 Å². The van der Waals surface area contributed by atoms with E-state index in [0.717, 1.165) is 36.9 Å². The molecule has 0 bridgehead atoms. The lowest BCUT2D eigenvalue weighted by molar-refractivity contribution is 0.302. The minimum atomic E-state index is 0.362. The number of likely N-dealkylation sites (N-methyl/N-ethyl adjacent to an activating group) is 1. The Hall–Kier alpha value is -2.03. The largest absolute Gasteiger partial charge is 0.367 e. The van der Waals surface area contributed by atoms with Gasteiger partial charge in [-0.15, -0.1) is 12.8 Å². The van der Waals surface area contributed by atoms with Crippen LogP contribution in [0.3, 0.4) is 0 Å². The van der Waals surface area contributed by atoms with Gasteiger partial charge in [0.15, 0.2) is 0 Å². The van der Waals surface area contributed by atoms with E-state index < -0.39 is 0 Å². The van der Waals surface area contributed by atoms with Crippen LogP contribution >= 0.6 is 11.8 Å². The summed E-state index contributed by atoms with van der Waals surface area (Å²) in [5.74, 6) is 0.921. The molecule has 1 N–H and O–H groups in total. The Morgan fingerprint density at radius 1 is 1.33 bits per heavy atom. The molecule has 0 aliphatic heterocycles. The second-order valence-corrected chi connectivity index (χ2v) is 8.82. The van der Waals surface area contributed by atoms with E-state index in [4.69, 9.17) is 0 Å². The number of thioether (sulfide) groups is 1. The predicted octanol–water partition coefficient (Wildman–Crippen LogP) is 6.31. The van der Waals surface area contributed by atoms with E-state index in [1.807, 2.05) is 17.8 Å². The van der Waals surface area contributed by atoms with Crippen LogP contribution in [-0.4, -0.2) is 40.5 Å². The Labute approximate surface area is 188 Å². The van der Waals surface area contributed by atoms with Crippen LogP contribution in [0.2, 0.25) is 0 Å². The molecule has 1 aliphatic carbocycles. The highest BCUT2D eigenvalue weighted by molar-refractivity contribution is 8.03. The molecule has 1 aliphatic rings. The minimum absolute atomic E-state index is 0.362. The number of terminal acetylenes is 1. The van der Waals surface area contributed by atoms with Crippen LogP contribution in [0, 0.1) is 12.8 Å². The first kappa shape index (κ1) is 26.0. The zero-order valence-electron chi connectivity index (χ0n) is 19.2. The molecule has 30 heavy (non-hydrogen) atoms. The van der Waals surface area contributed by atoms with Crippen molar-refractivity contribution < 1.29 is 0 Å². The first-order chi connectivity index (χ1) is 14.5. The summed E-state index contributed by atoms with van der Waals surface area (Å²) in [5.41, 5.74) is 2.88. The minimum Gasteiger partial charge on any atom is -0.367 e. The molecular formula is C25H38N4S. The van der Waals surface area contributed by atoms with E-state index >= 15 is 0 Å². The predicted molar refractivity (Wildman–Crippen MR) is 133 cm³/mol. The lowest BCUT2D eigenvalue weighted by Gasteiger charge is -2.23. The van der Waals surface area contributed by atoms with E-state index in [9.17, 15) is 0 Å². The van der Waals surface area contributed by atoms with Gasteiger partial charge in [-0.25, -0.2) is 9.97 Å². The van der Waals surface area contributed by atoms with Crippen LogP contribution < -0.4 is 5.32 Å². The van der Waals surface area contributed by atoms with Gasteiger partial charge >= 0.3 is 0 Å². The lowest BCUT2D eigenvalue weighted by Crippen LogP contribution is -2.30. The monoisotopic (exact) mass is 426 g/mol. The van der Waals surface area contributed by atoms with Crippen LogP contribution in [0.4, 0.5) is 5.82 Å². The number of nitrogens with zero attached hydrogens (tertiary/aromatic N) is 3. The van der Waals surface area contributed by atoms with Gasteiger partial charge in [-0.05, 0) is 64.3 Å². The lowest BCUT2D eigenvalue weighted by atomic mass is 10.0. The summed E-state index contributed by atoms with van der Waals surface area (Å²) in [7, 11) is 0. The molecule has 0 amide bonds. The average molecular weight is 427 g/mol. The highest BCUT2D eigenvalue weighted by Gasteiger charge is 2.13. The fourth-order valence-electron chi connectivity index (χ4n) is 3.42. The second-order valence-electron chi connectivity index (χ2n) is 7.71. The molecule has 0 aromatic carbocycles. The molecule has 164 valence electrons. The highest BCUT2D eigenvalue weighted by Crippen LogP contribution is 2.36. The van der Waals surface area contributed by atoms with E-state index in [1.165, 1.54) is 41.7 Å². The molecule has 0 radical (unpaired) electrons. The summed E-state index contributed by atoms with van der Waals surface area (Å²) in [5, 5.41) is 4.59. The van der Waals surface area contributed by atoms with Crippen LogP contribution in [0.5, 0.6) is 0 Å². The number of anilines is 1. The van der Waals surface area contributed by atoms with Gasteiger partial charge in [0.1, 0.15) is 17.2 Å². The number of hydrogen-bond acceptors (Lipinski definition) is 5. The summed E-state index contributed by atoms with van der Waals surface area (Å²) >= 11 is 1.81. The maximum absolute atomic E-state index is 4.47. The van der Waals surface area contributed by atoms with Gasteiger partial charge in [0.25, 0.3) is 0 Å². The summed E-state index contributed by atoms with van der Waals surface area (Å²) < 4.78 is 0. The highest BCUT2D eigenvalue weighted by atomic mass is 32.2. The van der Waals surface area contributed by atoms with E-state index in [1.54, 1.807) is 6.33 Å². The zero-order chi connectivity index (χ0) is 22.4. The standard InChI is InChI=1S/C23H36N4S.C2H2/c1-6-10-18(3)16-27(7-2)14-13-20(5)26-22-15-23(25-17-24-22)28-21-12-9-8-11-19(21)4;1-2/h6,10,15,17,20H,1,7-9,11-14,16H2,2-5H3,(H,24,25,26);1-2H/b18-10+;. The Morgan fingerprint density at radius 3 is 2.73 bits per heavy atom. The molecule has 1 unspecified atom stereocenters. The number of hydrogen-bond donors (Lipinski definition) is 1. The van der Waals surface area contributed by atoms with Crippen LogP contribution in [0.15, 0.2) is 52.2 Å². The van der Waals surface area contributed by atoms with Crippen LogP contribution in [0.1, 0.15) is 59.8 Å². The number of nitrogens with one attached hydrogen (secondary N) is 1. The van der Waals surface area contributed by atoms with Gasteiger partial charge in [0.05, 0.1) is 0 Å². The van der Waals surface area contributed by atoms with Gasteiger partial charge in [-0.3, -0.25) is 4.90 Å². The molecule has 0 spiro atoms. The van der Waals surface area contributed by atoms with Gasteiger partial charge < -0.3 is 5.32 Å². The normalized spacial score (nSPS) is 15.4. The van der Waals surface area contributed by atoms with Crippen molar-refractivity contribution in [1.29, 1.82) is 0 Å². The third kappa shape index (κ3) is 9.65. The number of allylic oxidation sites excluding steroid dienone is 4. The summed E-state index contributed by atoms with van der Waals surface area (Å²) in [6, 6.07) is 2.45. The SMILES string of the molecule is C#C.C=C/C=C(\C)CN(CC)CCC(C)Nc1cc(SC2=C(C)CCCC2)ncn1. The van der Waals surface area contributed by atoms with Crippen molar-refractivity contribution in [2.24, 2.45) is 0 Å². The summed E-state index contributed by atoms with van der Waals surface area (Å²) in [6.07, 6.45) is 19.7. The number of rotatable bonds is 11. The van der Waals surface area contributed by atoms with Crippen molar-refractivity contribution in [3.05, 3.63) is 47.2 Å². The number of aromatic nitrogens is 2. The van der Waals surface area contributed by atoms with Gasteiger partial charge in [-0.2, -0.15) is 0 Å². The summed E-state index contributed by atoms with van der Waals surface area (Å²) in [4.78, 5) is 12.9. The first-order valence-electron chi connectivity index (χ1n) is 10.8. The smallest absolute Gasteiger partial charge is 0.130 e. The van der Waals surface area contributed by atoms with Crippen molar-refractivity contribution >= 4 is 17.6 Å². The van der Waals surface area contributed by atoms with Crippen LogP contribution in [0.25, 0.3) is 0 Å². The van der Waals surface area contributed by atoms with Gasteiger partial charge in [0.2, 0.25) is 0 Å². The topological polar surface area (TPSA) is 41.0 Å². The van der Waals surface area contributed by atoms with E-state index in [2.05, 4.69) is 79.4 Å². The van der Waals surface area contributed by atoms with Crippen LogP contribution in [-0.2, 0) is 0 Å². The molecule has 0 fully saturated rings. The molecule has 5 heteroatoms. The third-order valence-electron chi connectivity index (χ3n) is 5.15. The molecule has 2 rings (SSSR count). The average Bonchev–Trinajstić information content (AvgIpc) is 2.74. The molecule has 1 aromatic heterocycles. The van der Waals surface area contributed by atoms with Crippen molar-refractivity contribution in [2.75, 3.05) is 25.0 Å². The molecule has 0 saturated carbocycles. The fraction of sp³-hybridized carbons (Fsp3) is 0.520. The second kappa shape index (κ2) is 14.9. The fourth-order valence-corrected chi connectivity index (χ4v) is 4.47. The molecule has 1 heterocycles. The summed E-state index contributed by atoms with van der Waals surface area (Å²) in [6.45, 7) is 15.8. The first-order valence-corrected chi connectivity index (χ1v) is 11.6. The molecule has 4 nitrogen and oxygen atoms in total. The van der Waals surface area contributed by atoms with Crippen molar-refractivity contribution in [1.82, 2.24) is 14.9 Å². The zero-order valence-corrected chi connectivity index (χ0v) is 20.0. The Bertz CT molecular complexity index is 736. The van der Waals surface area contributed by atoms with E-state index in [-0.39, 0.29) is 0 Å². The Morgan fingerprint density at radius 2 is 2.07 bits per heavy atom. The molecular weight excluding hydrogens is 388 g/mol. The van der Waals surface area contributed by atoms with E-state index in [0.29, 0.717) is 6.04 Å². The van der Waals surface area contributed by atoms with Crippen molar-refractivity contribution in [3.8, 4) is 12.8 Å². The van der Waals surface area contributed by atoms with Gasteiger partial charge in [0, 0.05) is 25.2 Å². The third-order valence-corrected chi connectivity index (χ3v) is 6.38. The van der Waals surface area contributed by atoms with Crippen molar-refractivity contribution in [2.45, 2.75) is 70.9 Å². The quantitative estimate of drug-likeness (QED) is 0.255. The Kier molecular flexibility index (Phi) is 12.9. The molecule has 1 atom stereocenters. The Balaban J connectivity index is 0.00000218. The maximum Gasteiger partial charge on any atom is 0.130 e. The molecule has 0 saturated heterocycles.